The number of amides is 1. The van der Waals surface area contributed by atoms with E-state index in [2.05, 4.69) is 55.3 Å². The van der Waals surface area contributed by atoms with Crippen molar-refractivity contribution in [1.29, 1.82) is 0 Å². The molecule has 2 aromatic carbocycles. The third-order valence-corrected chi connectivity index (χ3v) is 7.35. The molecular formula is C30H28N8O2S. The summed E-state index contributed by atoms with van der Waals surface area (Å²) in [5.74, 6) is 0.402. The van der Waals surface area contributed by atoms with Gasteiger partial charge in [0.2, 0.25) is 0 Å². The molecule has 0 unspecified atom stereocenters. The number of pyridine rings is 1. The lowest BCUT2D eigenvalue weighted by Crippen LogP contribution is -2.29. The van der Waals surface area contributed by atoms with Crippen molar-refractivity contribution in [3.63, 3.8) is 0 Å². The van der Waals surface area contributed by atoms with Crippen molar-refractivity contribution in [2.45, 2.75) is 25.9 Å². The van der Waals surface area contributed by atoms with E-state index in [9.17, 15) is 4.79 Å². The van der Waals surface area contributed by atoms with Crippen LogP contribution in [0.2, 0.25) is 0 Å². The Morgan fingerprint density at radius 2 is 1.73 bits per heavy atom. The topological polar surface area (TPSA) is 102 Å². The van der Waals surface area contributed by atoms with Gasteiger partial charge in [-0.05, 0) is 80.7 Å². The van der Waals surface area contributed by atoms with E-state index in [1.54, 1.807) is 18.9 Å². The van der Waals surface area contributed by atoms with E-state index in [4.69, 9.17) is 17.0 Å². The Morgan fingerprint density at radius 1 is 1.00 bits per heavy atom. The van der Waals surface area contributed by atoms with Gasteiger partial charge in [0.05, 0.1) is 17.8 Å². The van der Waals surface area contributed by atoms with Crippen molar-refractivity contribution in [2.24, 2.45) is 0 Å². The van der Waals surface area contributed by atoms with Crippen LogP contribution in [0.15, 0.2) is 97.7 Å². The summed E-state index contributed by atoms with van der Waals surface area (Å²) < 4.78 is 9.49. The minimum Gasteiger partial charge on any atom is -0.484 e. The zero-order chi connectivity index (χ0) is 28.3. The summed E-state index contributed by atoms with van der Waals surface area (Å²) in [7, 11) is 0. The number of para-hydroxylation sites is 1. The summed E-state index contributed by atoms with van der Waals surface area (Å²) in [4.78, 5) is 19.2. The molecule has 11 heteroatoms. The molecule has 0 bridgehead atoms. The predicted molar refractivity (Wildman–Crippen MR) is 160 cm³/mol. The SMILES string of the molecule is Cc1cc([C@H]2[C@H](c3ccccn3)NC(=S)N2c2ccc(NC(=O)COc3ccccc3)cc2)c(C)n1-n1cnnc1. The number of benzene rings is 2. The third kappa shape index (κ3) is 5.27. The van der Waals surface area contributed by atoms with Crippen molar-refractivity contribution < 1.29 is 9.53 Å². The molecule has 0 aliphatic carbocycles. The lowest BCUT2D eigenvalue weighted by atomic mass is 9.96. The van der Waals surface area contributed by atoms with Gasteiger partial charge in [-0.1, -0.05) is 24.3 Å². The Labute approximate surface area is 242 Å². The van der Waals surface area contributed by atoms with Crippen molar-refractivity contribution in [1.82, 2.24) is 29.9 Å². The van der Waals surface area contributed by atoms with E-state index >= 15 is 0 Å². The van der Waals surface area contributed by atoms with Crippen molar-refractivity contribution in [3.8, 4) is 5.75 Å². The van der Waals surface area contributed by atoms with Crippen LogP contribution in [0.1, 0.15) is 34.7 Å². The van der Waals surface area contributed by atoms with E-state index in [1.165, 1.54) is 0 Å². The number of aromatic nitrogens is 5. The van der Waals surface area contributed by atoms with Gasteiger partial charge in [0, 0.05) is 34.5 Å². The number of nitrogens with one attached hydrogen (secondary N) is 2. The summed E-state index contributed by atoms with van der Waals surface area (Å²) >= 11 is 5.89. The standard InChI is InChI=1S/C30H28N8O2S/c1-20-16-25(21(2)38(20)36-18-32-33-19-36)29-28(26-10-6-7-15-31-26)35-30(41)37(29)23-13-11-22(12-14-23)34-27(39)17-40-24-8-4-3-5-9-24/h3-16,18-19,28-29H,17H2,1-2H3,(H,34,39)(H,35,41)/t28-,29-/m0/s1. The average Bonchev–Trinajstić information content (AvgIpc) is 3.71. The van der Waals surface area contributed by atoms with E-state index < -0.39 is 0 Å². The average molecular weight is 565 g/mol. The summed E-state index contributed by atoms with van der Waals surface area (Å²) in [6.07, 6.45) is 5.14. The van der Waals surface area contributed by atoms with Gasteiger partial charge in [0.25, 0.3) is 5.91 Å². The second-order valence-electron chi connectivity index (χ2n) is 9.67. The lowest BCUT2D eigenvalue weighted by molar-refractivity contribution is -0.118. The normalized spacial score (nSPS) is 16.4. The molecule has 1 aliphatic rings. The highest BCUT2D eigenvalue weighted by Crippen LogP contribution is 2.43. The molecule has 3 aromatic heterocycles. The van der Waals surface area contributed by atoms with Crippen molar-refractivity contribution >= 4 is 34.6 Å². The summed E-state index contributed by atoms with van der Waals surface area (Å²) in [5, 5.41) is 15.0. The number of carbonyl (C=O) groups is 1. The molecule has 6 rings (SSSR count). The summed E-state index contributed by atoms with van der Waals surface area (Å²) in [6, 6.07) is 24.6. The van der Waals surface area contributed by atoms with Gasteiger partial charge in [-0.15, -0.1) is 10.2 Å². The zero-order valence-electron chi connectivity index (χ0n) is 22.5. The second-order valence-corrected chi connectivity index (χ2v) is 10.1. The third-order valence-electron chi connectivity index (χ3n) is 7.03. The summed E-state index contributed by atoms with van der Waals surface area (Å²) in [5.41, 5.74) is 5.60. The molecule has 4 heterocycles. The van der Waals surface area contributed by atoms with E-state index in [0.29, 0.717) is 16.5 Å². The monoisotopic (exact) mass is 564 g/mol. The molecule has 1 aliphatic heterocycles. The Morgan fingerprint density at radius 3 is 2.44 bits per heavy atom. The number of rotatable bonds is 8. The fraction of sp³-hybridized carbons (Fsp3) is 0.167. The van der Waals surface area contributed by atoms with Gasteiger partial charge in [-0.2, -0.15) is 0 Å². The highest BCUT2D eigenvalue weighted by molar-refractivity contribution is 7.80. The van der Waals surface area contributed by atoms with Gasteiger partial charge in [-0.25, -0.2) is 4.68 Å². The van der Waals surface area contributed by atoms with Gasteiger partial charge in [-0.3, -0.25) is 14.5 Å². The Kier molecular flexibility index (Phi) is 7.17. The molecule has 5 aromatic rings. The van der Waals surface area contributed by atoms with Crippen LogP contribution in [0.3, 0.4) is 0 Å². The molecule has 0 radical (unpaired) electrons. The fourth-order valence-electron chi connectivity index (χ4n) is 5.25. The number of thiocarbonyl (C=S) groups is 1. The Hall–Kier alpha value is -5.03. The minimum absolute atomic E-state index is 0.0816. The molecule has 1 amide bonds. The number of hydrogen-bond acceptors (Lipinski definition) is 6. The van der Waals surface area contributed by atoms with Crippen LogP contribution in [0, 0.1) is 13.8 Å². The number of aryl methyl sites for hydroxylation is 1. The number of carbonyl (C=O) groups excluding carboxylic acids is 1. The molecule has 1 fully saturated rings. The number of ether oxygens (including phenoxy) is 1. The largest absolute Gasteiger partial charge is 0.484 e. The first-order valence-corrected chi connectivity index (χ1v) is 13.5. The molecule has 0 spiro atoms. The Balaban J connectivity index is 1.29. The molecule has 2 N–H and O–H groups in total. The Bertz CT molecular complexity index is 1650. The van der Waals surface area contributed by atoms with Crippen LogP contribution in [-0.4, -0.2) is 42.2 Å². The lowest BCUT2D eigenvalue weighted by Gasteiger charge is -2.28. The number of hydrogen-bond donors (Lipinski definition) is 2. The van der Waals surface area contributed by atoms with Crippen LogP contribution in [0.25, 0.3) is 0 Å². The molecule has 1 saturated heterocycles. The smallest absolute Gasteiger partial charge is 0.262 e. The maximum absolute atomic E-state index is 12.5. The quantitative estimate of drug-likeness (QED) is 0.264. The minimum atomic E-state index is -0.241. The molecular weight excluding hydrogens is 536 g/mol. The highest BCUT2D eigenvalue weighted by Gasteiger charge is 2.42. The van der Waals surface area contributed by atoms with Gasteiger partial charge in [0.15, 0.2) is 11.7 Å². The highest BCUT2D eigenvalue weighted by atomic mass is 32.1. The van der Waals surface area contributed by atoms with Gasteiger partial charge in [0.1, 0.15) is 18.4 Å². The van der Waals surface area contributed by atoms with Crippen LogP contribution in [-0.2, 0) is 4.79 Å². The second kappa shape index (κ2) is 11.2. The van der Waals surface area contributed by atoms with Crippen LogP contribution in [0.4, 0.5) is 11.4 Å². The molecule has 0 saturated carbocycles. The van der Waals surface area contributed by atoms with Crippen molar-refractivity contribution in [2.75, 3.05) is 16.8 Å². The van der Waals surface area contributed by atoms with Crippen LogP contribution >= 0.6 is 12.2 Å². The van der Waals surface area contributed by atoms with Gasteiger partial charge < -0.3 is 20.3 Å². The van der Waals surface area contributed by atoms with E-state index in [-0.39, 0.29) is 24.6 Å². The van der Waals surface area contributed by atoms with Gasteiger partial charge >= 0.3 is 0 Å². The maximum atomic E-state index is 12.5. The first kappa shape index (κ1) is 26.2. The first-order chi connectivity index (χ1) is 20.0. The predicted octanol–water partition coefficient (Wildman–Crippen LogP) is 4.60. The molecule has 2 atom stereocenters. The van der Waals surface area contributed by atoms with E-state index in [1.807, 2.05) is 77.5 Å². The van der Waals surface area contributed by atoms with E-state index in [0.717, 1.165) is 28.3 Å². The van der Waals surface area contributed by atoms with Crippen LogP contribution in [0.5, 0.6) is 5.75 Å². The zero-order valence-corrected chi connectivity index (χ0v) is 23.3. The fourth-order valence-corrected chi connectivity index (χ4v) is 5.59. The first-order valence-electron chi connectivity index (χ1n) is 13.1. The number of anilines is 2. The maximum Gasteiger partial charge on any atom is 0.262 e. The molecule has 206 valence electrons. The molecule has 41 heavy (non-hydrogen) atoms. The van der Waals surface area contributed by atoms with Crippen molar-refractivity contribution in [3.05, 3.63) is 120 Å². The van der Waals surface area contributed by atoms with Crippen LogP contribution < -0.4 is 20.3 Å². The molecule has 10 nitrogen and oxygen atoms in total. The summed E-state index contributed by atoms with van der Waals surface area (Å²) in [6.45, 7) is 4.05. The number of nitrogens with zero attached hydrogens (tertiary/aromatic N) is 6.